The lowest BCUT2D eigenvalue weighted by Gasteiger charge is -2.09. The average Bonchev–Trinajstić information content (AvgIpc) is 2.52. The third-order valence-electron chi connectivity index (χ3n) is 2.98. The number of ketones is 1. The molecule has 0 saturated carbocycles. The summed E-state index contributed by atoms with van der Waals surface area (Å²) >= 11 is 0. The highest BCUT2D eigenvalue weighted by Gasteiger charge is 2.14. The monoisotopic (exact) mass is 282 g/mol. The van der Waals surface area contributed by atoms with Gasteiger partial charge in [0.2, 0.25) is 0 Å². The van der Waals surface area contributed by atoms with Crippen LogP contribution < -0.4 is 0 Å². The number of esters is 1. The summed E-state index contributed by atoms with van der Waals surface area (Å²) in [5, 5.41) is 0. The quantitative estimate of drug-likeness (QED) is 0.480. The highest BCUT2D eigenvalue weighted by molar-refractivity contribution is 6.10. The second-order valence-corrected chi connectivity index (χ2v) is 4.51. The minimum atomic E-state index is -0.403. The molecule has 0 atom stereocenters. The van der Waals surface area contributed by atoms with E-state index in [-0.39, 0.29) is 12.4 Å². The fourth-order valence-electron chi connectivity index (χ4n) is 1.96. The van der Waals surface area contributed by atoms with Gasteiger partial charge in [-0.05, 0) is 6.07 Å². The van der Waals surface area contributed by atoms with Crippen LogP contribution in [-0.4, -0.2) is 18.0 Å². The van der Waals surface area contributed by atoms with Gasteiger partial charge in [0.25, 0.3) is 0 Å². The van der Waals surface area contributed by atoms with Gasteiger partial charge in [0.1, 0.15) is 12.9 Å². The SMILES string of the molecule is CC(=O)OCc1ccccc1C(=O)c1cccc(C=O)c1. The Morgan fingerprint density at radius 2 is 1.86 bits per heavy atom. The predicted molar refractivity (Wildman–Crippen MR) is 77.2 cm³/mol. The van der Waals surface area contributed by atoms with Gasteiger partial charge < -0.3 is 4.74 Å². The molecule has 0 fully saturated rings. The van der Waals surface area contributed by atoms with Crippen LogP contribution in [0.15, 0.2) is 48.5 Å². The number of carbonyl (C=O) groups is 3. The van der Waals surface area contributed by atoms with E-state index in [1.54, 1.807) is 42.5 Å². The van der Waals surface area contributed by atoms with Crippen LogP contribution in [0.5, 0.6) is 0 Å². The van der Waals surface area contributed by atoms with E-state index >= 15 is 0 Å². The summed E-state index contributed by atoms with van der Waals surface area (Å²) in [6, 6.07) is 13.4. The highest BCUT2D eigenvalue weighted by Crippen LogP contribution is 2.16. The van der Waals surface area contributed by atoms with Crippen molar-refractivity contribution in [2.75, 3.05) is 0 Å². The second kappa shape index (κ2) is 6.61. The standard InChI is InChI=1S/C17H14O4/c1-12(19)21-11-15-6-2-3-8-16(15)17(20)14-7-4-5-13(9-14)10-18/h2-10H,11H2,1H3. The van der Waals surface area contributed by atoms with Crippen LogP contribution in [0, 0.1) is 0 Å². The van der Waals surface area contributed by atoms with Crippen molar-refractivity contribution in [1.82, 2.24) is 0 Å². The molecule has 0 aliphatic rings. The van der Waals surface area contributed by atoms with E-state index in [2.05, 4.69) is 0 Å². The molecule has 21 heavy (non-hydrogen) atoms. The molecule has 2 aromatic rings. The van der Waals surface area contributed by atoms with Crippen LogP contribution in [0.25, 0.3) is 0 Å². The highest BCUT2D eigenvalue weighted by atomic mass is 16.5. The Morgan fingerprint density at radius 3 is 2.57 bits per heavy atom. The number of rotatable bonds is 5. The van der Waals surface area contributed by atoms with Gasteiger partial charge in [-0.15, -0.1) is 0 Å². The number of aldehydes is 1. The molecule has 2 aromatic carbocycles. The summed E-state index contributed by atoms with van der Waals surface area (Å²) in [5.74, 6) is -0.610. The van der Waals surface area contributed by atoms with Crippen LogP contribution in [0.2, 0.25) is 0 Å². The zero-order valence-electron chi connectivity index (χ0n) is 11.5. The topological polar surface area (TPSA) is 60.4 Å². The van der Waals surface area contributed by atoms with E-state index in [0.717, 1.165) is 0 Å². The van der Waals surface area contributed by atoms with Crippen molar-refractivity contribution in [2.24, 2.45) is 0 Å². The zero-order chi connectivity index (χ0) is 15.2. The first-order valence-electron chi connectivity index (χ1n) is 6.43. The van der Waals surface area contributed by atoms with Crippen LogP contribution in [0.3, 0.4) is 0 Å². The Hall–Kier alpha value is -2.75. The van der Waals surface area contributed by atoms with Crippen molar-refractivity contribution in [2.45, 2.75) is 13.5 Å². The van der Waals surface area contributed by atoms with Gasteiger partial charge in [0.15, 0.2) is 5.78 Å². The Balaban J connectivity index is 2.34. The van der Waals surface area contributed by atoms with E-state index in [0.29, 0.717) is 28.5 Å². The van der Waals surface area contributed by atoms with Gasteiger partial charge in [0.05, 0.1) is 0 Å². The first kappa shape index (κ1) is 14.7. The van der Waals surface area contributed by atoms with Crippen molar-refractivity contribution < 1.29 is 19.1 Å². The van der Waals surface area contributed by atoms with Crippen molar-refractivity contribution >= 4 is 18.0 Å². The minimum Gasteiger partial charge on any atom is -0.461 e. The van der Waals surface area contributed by atoms with Crippen molar-refractivity contribution in [1.29, 1.82) is 0 Å². The fourth-order valence-corrected chi connectivity index (χ4v) is 1.96. The molecule has 106 valence electrons. The van der Waals surface area contributed by atoms with Crippen LogP contribution in [-0.2, 0) is 16.1 Å². The molecule has 0 saturated heterocycles. The van der Waals surface area contributed by atoms with Gasteiger partial charge in [0, 0.05) is 29.2 Å². The summed E-state index contributed by atoms with van der Waals surface area (Å²) in [7, 11) is 0. The third kappa shape index (κ3) is 3.63. The molecule has 0 radical (unpaired) electrons. The molecular formula is C17H14O4. The summed E-state index contributed by atoms with van der Waals surface area (Å²) in [6.07, 6.45) is 0.696. The first-order chi connectivity index (χ1) is 10.1. The number of hydrogen-bond acceptors (Lipinski definition) is 4. The Morgan fingerprint density at radius 1 is 1.10 bits per heavy atom. The number of benzene rings is 2. The van der Waals surface area contributed by atoms with Crippen LogP contribution >= 0.6 is 0 Å². The molecule has 4 nitrogen and oxygen atoms in total. The molecule has 0 amide bonds. The molecule has 0 unspecified atom stereocenters. The second-order valence-electron chi connectivity index (χ2n) is 4.51. The third-order valence-corrected chi connectivity index (χ3v) is 2.98. The Bertz CT molecular complexity index is 689. The van der Waals surface area contributed by atoms with E-state index in [1.165, 1.54) is 13.0 Å². The average molecular weight is 282 g/mol. The molecule has 4 heteroatoms. The van der Waals surface area contributed by atoms with E-state index in [9.17, 15) is 14.4 Å². The lowest BCUT2D eigenvalue weighted by molar-refractivity contribution is -0.142. The van der Waals surface area contributed by atoms with E-state index < -0.39 is 5.97 Å². The largest absolute Gasteiger partial charge is 0.461 e. The van der Waals surface area contributed by atoms with Gasteiger partial charge in [-0.2, -0.15) is 0 Å². The molecule has 0 aromatic heterocycles. The molecule has 0 heterocycles. The van der Waals surface area contributed by atoms with Crippen molar-refractivity contribution in [3.63, 3.8) is 0 Å². The molecule has 0 spiro atoms. The van der Waals surface area contributed by atoms with Crippen molar-refractivity contribution in [3.8, 4) is 0 Å². The lowest BCUT2D eigenvalue weighted by Crippen LogP contribution is -2.08. The zero-order valence-corrected chi connectivity index (χ0v) is 11.5. The summed E-state index contributed by atoms with van der Waals surface area (Å²) < 4.78 is 4.95. The number of ether oxygens (including phenoxy) is 1. The summed E-state index contributed by atoms with van der Waals surface area (Å²) in [5.41, 5.74) is 1.96. The normalized spacial score (nSPS) is 9.95. The van der Waals surface area contributed by atoms with E-state index in [4.69, 9.17) is 4.74 Å². The van der Waals surface area contributed by atoms with Gasteiger partial charge >= 0.3 is 5.97 Å². The Kier molecular flexibility index (Phi) is 4.61. The molecule has 2 rings (SSSR count). The number of hydrogen-bond donors (Lipinski definition) is 0. The smallest absolute Gasteiger partial charge is 0.302 e. The summed E-state index contributed by atoms with van der Waals surface area (Å²) in [4.78, 5) is 34.2. The molecule has 0 aliphatic heterocycles. The maximum absolute atomic E-state index is 12.5. The maximum Gasteiger partial charge on any atom is 0.302 e. The van der Waals surface area contributed by atoms with Gasteiger partial charge in [-0.1, -0.05) is 42.5 Å². The van der Waals surface area contributed by atoms with Gasteiger partial charge in [-0.3, -0.25) is 14.4 Å². The minimum absolute atomic E-state index is 0.0462. The van der Waals surface area contributed by atoms with Crippen molar-refractivity contribution in [3.05, 3.63) is 70.8 Å². The fraction of sp³-hybridized carbons (Fsp3) is 0.118. The molecule has 0 bridgehead atoms. The Labute approximate surface area is 122 Å². The summed E-state index contributed by atoms with van der Waals surface area (Å²) in [6.45, 7) is 1.36. The molecule has 0 N–H and O–H groups in total. The van der Waals surface area contributed by atoms with E-state index in [1.807, 2.05) is 0 Å². The number of carbonyl (C=O) groups excluding carboxylic acids is 3. The first-order valence-corrected chi connectivity index (χ1v) is 6.43. The van der Waals surface area contributed by atoms with Crippen LogP contribution in [0.1, 0.15) is 38.8 Å². The predicted octanol–water partition coefficient (Wildman–Crippen LogP) is 2.79. The molecule has 0 aliphatic carbocycles. The maximum atomic E-state index is 12.5. The molecular weight excluding hydrogens is 268 g/mol. The van der Waals surface area contributed by atoms with Gasteiger partial charge in [-0.25, -0.2) is 0 Å². The lowest BCUT2D eigenvalue weighted by atomic mass is 9.97. The van der Waals surface area contributed by atoms with Crippen LogP contribution in [0.4, 0.5) is 0 Å².